The van der Waals surface area contributed by atoms with Crippen molar-refractivity contribution in [1.82, 2.24) is 4.57 Å². The number of methoxy groups -OCH3 is 1. The molecule has 2 heterocycles. The maximum atomic E-state index is 13.8. The standard InChI is InChI=1S/C26H24BrClN2O5S/c1-5-34-19-12-15(11-17(27)23(19)33-4)13-20-24(31)30-22(16-9-7-8-10-18(16)28)21(25(32)35-6-2)14(3)29-26(30)36-20/h7-13,22H,5-6H2,1-4H3. The highest BCUT2D eigenvalue weighted by molar-refractivity contribution is 9.10. The van der Waals surface area contributed by atoms with Crippen LogP contribution in [0.1, 0.15) is 37.9 Å². The fraction of sp³-hybridized carbons (Fsp3) is 0.269. The molecule has 2 aromatic carbocycles. The van der Waals surface area contributed by atoms with E-state index >= 15 is 0 Å². The van der Waals surface area contributed by atoms with Gasteiger partial charge < -0.3 is 14.2 Å². The molecule has 0 fully saturated rings. The third kappa shape index (κ3) is 4.87. The molecule has 36 heavy (non-hydrogen) atoms. The van der Waals surface area contributed by atoms with E-state index < -0.39 is 12.0 Å². The second-order valence-corrected chi connectivity index (χ2v) is 10.1. The monoisotopic (exact) mass is 590 g/mol. The number of thiazole rings is 1. The molecule has 4 rings (SSSR count). The summed E-state index contributed by atoms with van der Waals surface area (Å²) in [5.41, 5.74) is 1.84. The molecule has 1 aromatic heterocycles. The van der Waals surface area contributed by atoms with Gasteiger partial charge in [-0.2, -0.15) is 0 Å². The van der Waals surface area contributed by atoms with Crippen molar-refractivity contribution < 1.29 is 19.0 Å². The second-order valence-electron chi connectivity index (χ2n) is 7.79. The Kier molecular flexibility index (Phi) is 8.02. The average molecular weight is 592 g/mol. The Morgan fingerprint density at radius 1 is 1.25 bits per heavy atom. The Bertz CT molecular complexity index is 1540. The Morgan fingerprint density at radius 3 is 2.67 bits per heavy atom. The Balaban J connectivity index is 1.95. The van der Waals surface area contributed by atoms with Crippen LogP contribution in [0.2, 0.25) is 5.02 Å². The van der Waals surface area contributed by atoms with Gasteiger partial charge >= 0.3 is 5.97 Å². The van der Waals surface area contributed by atoms with Crippen molar-refractivity contribution in [1.29, 1.82) is 0 Å². The summed E-state index contributed by atoms with van der Waals surface area (Å²) in [4.78, 5) is 31.8. The van der Waals surface area contributed by atoms with Gasteiger partial charge in [0.05, 0.1) is 40.6 Å². The summed E-state index contributed by atoms with van der Waals surface area (Å²) in [6.07, 6.45) is 1.77. The highest BCUT2D eigenvalue weighted by atomic mass is 79.9. The Hall–Kier alpha value is -2.88. The van der Waals surface area contributed by atoms with Crippen LogP contribution in [0.25, 0.3) is 6.08 Å². The van der Waals surface area contributed by atoms with E-state index in [1.165, 1.54) is 15.9 Å². The molecular formula is C26H24BrClN2O5S. The van der Waals surface area contributed by atoms with Crippen molar-refractivity contribution in [2.45, 2.75) is 26.8 Å². The largest absolute Gasteiger partial charge is 0.492 e. The van der Waals surface area contributed by atoms with Crippen LogP contribution >= 0.6 is 38.9 Å². The number of carbonyl (C=O) groups is 1. The van der Waals surface area contributed by atoms with Crippen molar-refractivity contribution >= 4 is 50.9 Å². The van der Waals surface area contributed by atoms with Crippen molar-refractivity contribution in [3.05, 3.63) is 88.0 Å². The van der Waals surface area contributed by atoms with E-state index in [1.54, 1.807) is 45.2 Å². The van der Waals surface area contributed by atoms with E-state index in [0.29, 0.717) is 48.2 Å². The lowest BCUT2D eigenvalue weighted by Gasteiger charge is -2.25. The molecule has 7 nitrogen and oxygen atoms in total. The van der Waals surface area contributed by atoms with E-state index in [2.05, 4.69) is 20.9 Å². The summed E-state index contributed by atoms with van der Waals surface area (Å²) in [6, 6.07) is 10.0. The molecule has 0 N–H and O–H groups in total. The molecule has 0 amide bonds. The van der Waals surface area contributed by atoms with Crippen molar-refractivity contribution in [2.24, 2.45) is 4.99 Å². The van der Waals surface area contributed by atoms with E-state index in [4.69, 9.17) is 25.8 Å². The highest BCUT2D eigenvalue weighted by Gasteiger charge is 2.34. The van der Waals surface area contributed by atoms with Gasteiger partial charge in [0.2, 0.25) is 0 Å². The predicted molar refractivity (Wildman–Crippen MR) is 144 cm³/mol. The lowest BCUT2D eigenvalue weighted by atomic mass is 9.96. The van der Waals surface area contributed by atoms with Gasteiger partial charge in [0, 0.05) is 5.02 Å². The number of rotatable bonds is 7. The number of carbonyl (C=O) groups excluding carboxylic acids is 1. The van der Waals surface area contributed by atoms with Gasteiger partial charge in [-0.1, -0.05) is 41.1 Å². The number of ether oxygens (including phenoxy) is 3. The molecular weight excluding hydrogens is 568 g/mol. The minimum absolute atomic E-state index is 0.198. The lowest BCUT2D eigenvalue weighted by Crippen LogP contribution is -2.40. The van der Waals surface area contributed by atoms with Crippen LogP contribution in [0, 0.1) is 0 Å². The fourth-order valence-corrected chi connectivity index (χ4v) is 5.97. The van der Waals surface area contributed by atoms with Gasteiger partial charge in [0.15, 0.2) is 16.3 Å². The molecule has 1 aliphatic rings. The summed E-state index contributed by atoms with van der Waals surface area (Å²) in [5.74, 6) is 0.602. The molecule has 10 heteroatoms. The zero-order chi connectivity index (χ0) is 26.0. The lowest BCUT2D eigenvalue weighted by molar-refractivity contribution is -0.139. The van der Waals surface area contributed by atoms with Gasteiger partial charge in [0.1, 0.15) is 6.04 Å². The molecule has 1 atom stereocenters. The van der Waals surface area contributed by atoms with Crippen molar-refractivity contribution in [2.75, 3.05) is 20.3 Å². The first-order valence-electron chi connectivity index (χ1n) is 11.2. The van der Waals surface area contributed by atoms with Crippen molar-refractivity contribution in [3.63, 3.8) is 0 Å². The zero-order valence-corrected chi connectivity index (χ0v) is 23.3. The number of hydrogen-bond donors (Lipinski definition) is 0. The number of fused-ring (bicyclic) bond motifs is 1. The smallest absolute Gasteiger partial charge is 0.338 e. The third-order valence-corrected chi connectivity index (χ3v) is 7.47. The summed E-state index contributed by atoms with van der Waals surface area (Å²) in [5, 5.41) is 0.439. The molecule has 0 spiro atoms. The fourth-order valence-electron chi connectivity index (χ4n) is 4.07. The molecule has 0 saturated carbocycles. The molecule has 0 radical (unpaired) electrons. The minimum atomic E-state index is -0.766. The zero-order valence-electron chi connectivity index (χ0n) is 20.1. The molecule has 0 saturated heterocycles. The van der Waals surface area contributed by atoms with Crippen LogP contribution < -0.4 is 24.4 Å². The molecule has 3 aromatic rings. The van der Waals surface area contributed by atoms with E-state index in [-0.39, 0.29) is 17.7 Å². The number of esters is 1. The molecule has 1 unspecified atom stereocenters. The normalized spacial score (nSPS) is 15.4. The van der Waals surface area contributed by atoms with Gasteiger partial charge in [-0.05, 0) is 72.1 Å². The van der Waals surface area contributed by atoms with Crippen LogP contribution in [0.15, 0.2) is 61.9 Å². The number of halogens is 2. The van der Waals surface area contributed by atoms with Crippen molar-refractivity contribution in [3.8, 4) is 11.5 Å². The Morgan fingerprint density at radius 2 is 2.00 bits per heavy atom. The second kappa shape index (κ2) is 11.0. The van der Waals surface area contributed by atoms with Gasteiger partial charge in [-0.3, -0.25) is 9.36 Å². The average Bonchev–Trinajstić information content (AvgIpc) is 3.13. The van der Waals surface area contributed by atoms with Crippen LogP contribution in [-0.2, 0) is 9.53 Å². The first-order chi connectivity index (χ1) is 17.3. The van der Waals surface area contributed by atoms with E-state index in [0.717, 1.165) is 5.56 Å². The topological polar surface area (TPSA) is 79.1 Å². The third-order valence-electron chi connectivity index (χ3n) is 5.55. The number of nitrogens with zero attached hydrogens (tertiary/aromatic N) is 2. The first kappa shape index (κ1) is 26.2. The molecule has 0 aliphatic carbocycles. The quantitative estimate of drug-likeness (QED) is 0.375. The van der Waals surface area contributed by atoms with E-state index in [1.807, 2.05) is 25.1 Å². The number of allylic oxidation sites excluding steroid dienone is 1. The minimum Gasteiger partial charge on any atom is -0.492 e. The van der Waals surface area contributed by atoms with Crippen LogP contribution in [0.4, 0.5) is 0 Å². The van der Waals surface area contributed by atoms with Crippen LogP contribution in [0.3, 0.4) is 0 Å². The summed E-state index contributed by atoms with van der Waals surface area (Å²) < 4.78 is 19.1. The molecule has 1 aliphatic heterocycles. The summed E-state index contributed by atoms with van der Waals surface area (Å²) in [7, 11) is 1.57. The first-order valence-corrected chi connectivity index (χ1v) is 13.2. The summed E-state index contributed by atoms with van der Waals surface area (Å²) in [6.45, 7) is 6.02. The number of benzene rings is 2. The predicted octanol–water partition coefficient (Wildman–Crippen LogP) is 4.62. The Labute approximate surface area is 225 Å². The molecule has 0 bridgehead atoms. The SMILES string of the molecule is CCOC(=O)C1=C(C)N=c2sc(=Cc3cc(Br)c(OC)c(OCC)c3)c(=O)n2C1c1ccccc1Cl. The highest BCUT2D eigenvalue weighted by Crippen LogP contribution is 2.37. The van der Waals surface area contributed by atoms with Crippen LogP contribution in [-0.4, -0.2) is 30.9 Å². The summed E-state index contributed by atoms with van der Waals surface area (Å²) >= 11 is 11.3. The maximum absolute atomic E-state index is 13.8. The number of aromatic nitrogens is 1. The van der Waals surface area contributed by atoms with Gasteiger partial charge in [-0.15, -0.1) is 0 Å². The van der Waals surface area contributed by atoms with E-state index in [9.17, 15) is 9.59 Å². The van der Waals surface area contributed by atoms with Crippen LogP contribution in [0.5, 0.6) is 11.5 Å². The number of hydrogen-bond acceptors (Lipinski definition) is 7. The molecule has 188 valence electrons. The van der Waals surface area contributed by atoms with Gasteiger partial charge in [-0.25, -0.2) is 9.79 Å². The maximum Gasteiger partial charge on any atom is 0.338 e. The van der Waals surface area contributed by atoms with Gasteiger partial charge in [0.25, 0.3) is 5.56 Å².